The maximum atomic E-state index is 10.9. The van der Waals surface area contributed by atoms with Crippen LogP contribution in [0.3, 0.4) is 0 Å². The molecule has 0 aromatic carbocycles. The molecule has 162 valence electrons. The van der Waals surface area contributed by atoms with Gasteiger partial charge in [0.05, 0.1) is 12.9 Å². The van der Waals surface area contributed by atoms with Gasteiger partial charge in [0, 0.05) is 13.2 Å². The molecule has 0 bridgehead atoms. The third-order valence-electron chi connectivity index (χ3n) is 4.62. The molecule has 0 aliphatic carbocycles. The van der Waals surface area contributed by atoms with Gasteiger partial charge in [0.1, 0.15) is 24.6 Å². The highest BCUT2D eigenvalue weighted by atomic mass is 31.2. The van der Waals surface area contributed by atoms with Crippen LogP contribution in [0.5, 0.6) is 0 Å². The quantitative estimate of drug-likeness (QED) is 0.264. The van der Waals surface area contributed by atoms with E-state index < -0.39 is 39.0 Å². The monoisotopic (exact) mass is 433 g/mol. The number of aliphatic hydroxyl groups is 3. The van der Waals surface area contributed by atoms with Gasteiger partial charge in [0.15, 0.2) is 23.2 Å². The first-order valence-electron chi connectivity index (χ1n) is 8.95. The Balaban J connectivity index is 1.76. The summed E-state index contributed by atoms with van der Waals surface area (Å²) in [7, 11) is -4.75. The molecule has 5 atom stereocenters. The Kier molecular flexibility index (Phi) is 6.81. The van der Waals surface area contributed by atoms with Gasteiger partial charge in [-0.3, -0.25) is 9.09 Å². The van der Waals surface area contributed by atoms with E-state index in [-0.39, 0.29) is 12.5 Å². The number of hydrogen-bond acceptors (Lipinski definition) is 10. The second kappa shape index (κ2) is 8.98. The average molecular weight is 433 g/mol. The predicted molar refractivity (Wildman–Crippen MR) is 98.6 cm³/mol. The lowest BCUT2D eigenvalue weighted by Crippen LogP contribution is -2.33. The van der Waals surface area contributed by atoms with Crippen molar-refractivity contribution >= 4 is 24.8 Å². The Morgan fingerprint density at radius 1 is 1.31 bits per heavy atom. The highest BCUT2D eigenvalue weighted by Gasteiger charge is 2.45. The van der Waals surface area contributed by atoms with Crippen LogP contribution in [0, 0.1) is 5.92 Å². The van der Waals surface area contributed by atoms with Crippen LogP contribution >= 0.6 is 7.82 Å². The van der Waals surface area contributed by atoms with E-state index in [0.717, 1.165) is 6.42 Å². The van der Waals surface area contributed by atoms with Crippen molar-refractivity contribution < 1.29 is 38.9 Å². The number of fused-ring (bicyclic) bond motifs is 1. The van der Waals surface area contributed by atoms with Crippen LogP contribution in [0.4, 0.5) is 5.82 Å². The second-order valence-corrected chi connectivity index (χ2v) is 8.12. The lowest BCUT2D eigenvalue weighted by Gasteiger charge is -2.16. The number of anilines is 1. The summed E-state index contributed by atoms with van der Waals surface area (Å²) in [6.45, 7) is 1.96. The van der Waals surface area contributed by atoms with Gasteiger partial charge >= 0.3 is 7.82 Å². The molecular formula is C15H24N5O8P. The summed E-state index contributed by atoms with van der Waals surface area (Å²) in [4.78, 5) is 30.2. The lowest BCUT2D eigenvalue weighted by molar-refractivity contribution is -0.0504. The lowest BCUT2D eigenvalue weighted by atomic mass is 10.1. The minimum atomic E-state index is -4.75. The van der Waals surface area contributed by atoms with Crippen LogP contribution in [0.25, 0.3) is 11.2 Å². The molecule has 0 amide bonds. The Hall–Kier alpha value is -1.70. The Morgan fingerprint density at radius 2 is 2.07 bits per heavy atom. The fraction of sp³-hybridized carbons (Fsp3) is 0.667. The second-order valence-electron chi connectivity index (χ2n) is 6.88. The number of aliphatic hydroxyl groups excluding tert-OH is 3. The van der Waals surface area contributed by atoms with Crippen LogP contribution in [0.15, 0.2) is 12.7 Å². The van der Waals surface area contributed by atoms with Crippen LogP contribution in [-0.4, -0.2) is 82.7 Å². The topological polar surface area (TPSA) is 192 Å². The highest BCUT2D eigenvalue weighted by Crippen LogP contribution is 2.38. The molecule has 2 aromatic rings. The molecule has 3 rings (SSSR count). The van der Waals surface area contributed by atoms with E-state index in [9.17, 15) is 14.8 Å². The molecule has 1 fully saturated rings. The van der Waals surface area contributed by atoms with Crippen molar-refractivity contribution in [2.24, 2.45) is 5.92 Å². The maximum absolute atomic E-state index is 10.9. The van der Waals surface area contributed by atoms with Crippen molar-refractivity contribution in [1.82, 2.24) is 19.5 Å². The van der Waals surface area contributed by atoms with Gasteiger partial charge in [-0.05, 0) is 12.3 Å². The molecule has 3 heterocycles. The highest BCUT2D eigenvalue weighted by molar-refractivity contribution is 7.46. The molecule has 2 aromatic heterocycles. The molecule has 14 heteroatoms. The van der Waals surface area contributed by atoms with Gasteiger partial charge in [-0.2, -0.15) is 0 Å². The third-order valence-corrected chi connectivity index (χ3v) is 5.10. The van der Waals surface area contributed by atoms with E-state index in [2.05, 4.69) is 24.8 Å². The molecule has 0 saturated carbocycles. The Bertz CT molecular complexity index is 876. The number of nitrogens with zero attached hydrogens (tertiary/aromatic N) is 4. The van der Waals surface area contributed by atoms with E-state index in [0.29, 0.717) is 23.5 Å². The molecule has 1 aliphatic rings. The molecule has 1 saturated heterocycles. The standard InChI is InChI=1S/C15H24N5O8P/c1-8(4-21)2-3-16-13-10-14(18-6-17-13)20(7-19-10)15-12(23)11(22)9(28-15)5-27-29(24,25)26/h6-9,11-12,15,21-23H,2-5H2,1H3,(H,16,17,18)(H2,24,25,26). The van der Waals surface area contributed by atoms with Crippen molar-refractivity contribution in [2.45, 2.75) is 37.9 Å². The first-order valence-corrected chi connectivity index (χ1v) is 10.5. The van der Waals surface area contributed by atoms with E-state index >= 15 is 0 Å². The summed E-state index contributed by atoms with van der Waals surface area (Å²) in [5.74, 6) is 0.599. The van der Waals surface area contributed by atoms with E-state index in [1.54, 1.807) is 0 Å². The molecule has 1 aliphatic heterocycles. The van der Waals surface area contributed by atoms with Crippen molar-refractivity contribution in [3.63, 3.8) is 0 Å². The van der Waals surface area contributed by atoms with E-state index in [1.807, 2.05) is 6.92 Å². The summed E-state index contributed by atoms with van der Waals surface area (Å²) in [5.41, 5.74) is 0.759. The van der Waals surface area contributed by atoms with Gasteiger partial charge in [-0.1, -0.05) is 6.92 Å². The summed E-state index contributed by atoms with van der Waals surface area (Å²) in [6, 6.07) is 0. The zero-order chi connectivity index (χ0) is 21.2. The SMILES string of the molecule is CC(CO)CCNc1ncnc2c1ncn2C1OC(COP(=O)(O)O)C(O)C1O. The molecular weight excluding hydrogens is 409 g/mol. The molecule has 0 spiro atoms. The number of aromatic nitrogens is 4. The largest absolute Gasteiger partial charge is 0.469 e. The van der Waals surface area contributed by atoms with Crippen LogP contribution < -0.4 is 5.32 Å². The molecule has 29 heavy (non-hydrogen) atoms. The van der Waals surface area contributed by atoms with Gasteiger partial charge in [-0.15, -0.1) is 0 Å². The molecule has 13 nitrogen and oxygen atoms in total. The smallest absolute Gasteiger partial charge is 0.396 e. The zero-order valence-electron chi connectivity index (χ0n) is 15.6. The fourth-order valence-corrected chi connectivity index (χ4v) is 3.30. The van der Waals surface area contributed by atoms with Gasteiger partial charge in [0.25, 0.3) is 0 Å². The number of hydrogen-bond donors (Lipinski definition) is 6. The number of phosphoric acid groups is 1. The Labute approximate surface area is 165 Å². The maximum Gasteiger partial charge on any atom is 0.469 e. The van der Waals surface area contributed by atoms with Crippen molar-refractivity contribution in [1.29, 1.82) is 0 Å². The van der Waals surface area contributed by atoms with Crippen LogP contribution in [0.1, 0.15) is 19.6 Å². The van der Waals surface area contributed by atoms with E-state index in [4.69, 9.17) is 19.6 Å². The number of nitrogens with one attached hydrogen (secondary N) is 1. The van der Waals surface area contributed by atoms with Gasteiger partial charge in [0.2, 0.25) is 0 Å². The molecule has 5 unspecified atom stereocenters. The third kappa shape index (κ3) is 5.08. The first kappa shape index (κ1) is 22.0. The van der Waals surface area contributed by atoms with Crippen molar-refractivity contribution in [3.05, 3.63) is 12.7 Å². The van der Waals surface area contributed by atoms with Crippen LogP contribution in [-0.2, 0) is 13.8 Å². The number of rotatable bonds is 9. The van der Waals surface area contributed by atoms with Crippen molar-refractivity contribution in [3.8, 4) is 0 Å². The van der Waals surface area contributed by atoms with Crippen LogP contribution in [0.2, 0.25) is 0 Å². The molecule has 6 N–H and O–H groups in total. The molecule has 0 radical (unpaired) electrons. The average Bonchev–Trinajstić information content (AvgIpc) is 3.22. The minimum absolute atomic E-state index is 0.0849. The summed E-state index contributed by atoms with van der Waals surface area (Å²) >= 11 is 0. The predicted octanol–water partition coefficient (Wildman–Crippen LogP) is -1.01. The summed E-state index contributed by atoms with van der Waals surface area (Å²) in [5, 5.41) is 32.7. The summed E-state index contributed by atoms with van der Waals surface area (Å²) in [6.07, 6.45) is -1.66. The number of imidazole rings is 1. The van der Waals surface area contributed by atoms with Crippen molar-refractivity contribution in [2.75, 3.05) is 25.1 Å². The normalized spacial score (nSPS) is 26.1. The Morgan fingerprint density at radius 3 is 2.76 bits per heavy atom. The van der Waals surface area contributed by atoms with Gasteiger partial charge in [-0.25, -0.2) is 19.5 Å². The van der Waals surface area contributed by atoms with Gasteiger partial charge < -0.3 is 35.2 Å². The number of ether oxygens (including phenoxy) is 1. The summed E-state index contributed by atoms with van der Waals surface area (Å²) < 4.78 is 22.2. The van der Waals surface area contributed by atoms with E-state index in [1.165, 1.54) is 17.2 Å². The first-order chi connectivity index (χ1) is 13.7. The fourth-order valence-electron chi connectivity index (χ4n) is 2.96. The minimum Gasteiger partial charge on any atom is -0.396 e. The number of phosphoric ester groups is 1. The zero-order valence-corrected chi connectivity index (χ0v) is 16.5.